The van der Waals surface area contributed by atoms with Crippen LogP contribution in [0.3, 0.4) is 0 Å². The highest BCUT2D eigenvalue weighted by Gasteiger charge is 2.26. The molecule has 0 spiro atoms. The molecule has 122 valence electrons. The van der Waals surface area contributed by atoms with Crippen molar-refractivity contribution in [2.24, 2.45) is 5.41 Å². The lowest BCUT2D eigenvalue weighted by Crippen LogP contribution is -2.36. The van der Waals surface area contributed by atoms with Gasteiger partial charge in [-0.15, -0.1) is 0 Å². The number of nitrogen functional groups attached to an aromatic ring is 1. The van der Waals surface area contributed by atoms with Crippen LogP contribution in [0.25, 0.3) is 0 Å². The fraction of sp³-hybridized carbons (Fsp3) is 0.375. The van der Waals surface area contributed by atoms with E-state index < -0.39 is 4.92 Å². The van der Waals surface area contributed by atoms with Gasteiger partial charge >= 0.3 is 5.69 Å². The monoisotopic (exact) mass is 315 g/mol. The largest absolute Gasteiger partial charge is 0.378 e. The Kier molecular flexibility index (Phi) is 4.78. The second-order valence-electron chi connectivity index (χ2n) is 6.47. The summed E-state index contributed by atoms with van der Waals surface area (Å²) in [6.45, 7) is 6.34. The maximum atomic E-state index is 10.8. The lowest BCUT2D eigenvalue weighted by molar-refractivity contribution is -0.384. The molecule has 0 saturated carbocycles. The Bertz CT molecular complexity index is 683. The van der Waals surface area contributed by atoms with Crippen LogP contribution in [-0.4, -0.2) is 20.9 Å². The van der Waals surface area contributed by atoms with Gasteiger partial charge < -0.3 is 11.1 Å². The topological polar surface area (TPSA) is 107 Å². The second-order valence-corrected chi connectivity index (χ2v) is 6.47. The maximum Gasteiger partial charge on any atom is 0.329 e. The van der Waals surface area contributed by atoms with Crippen molar-refractivity contribution in [3.8, 4) is 0 Å². The van der Waals surface area contributed by atoms with Crippen molar-refractivity contribution in [2.45, 2.75) is 33.2 Å². The van der Waals surface area contributed by atoms with Gasteiger partial charge in [-0.3, -0.25) is 10.1 Å². The molecule has 2 aromatic rings. The molecule has 7 heteroatoms. The van der Waals surface area contributed by atoms with Crippen molar-refractivity contribution in [3.05, 3.63) is 52.2 Å². The van der Waals surface area contributed by atoms with E-state index in [1.54, 1.807) is 0 Å². The molecule has 0 aliphatic heterocycles. The first-order valence-corrected chi connectivity index (χ1v) is 7.34. The van der Waals surface area contributed by atoms with Crippen LogP contribution in [0.4, 0.5) is 17.5 Å². The summed E-state index contributed by atoms with van der Waals surface area (Å²) in [5.41, 5.74) is 6.47. The van der Waals surface area contributed by atoms with E-state index in [0.717, 1.165) is 12.6 Å². The van der Waals surface area contributed by atoms with Gasteiger partial charge in [-0.25, -0.2) is 4.98 Å². The van der Waals surface area contributed by atoms with E-state index in [-0.39, 0.29) is 23.0 Å². The standard InChI is InChI=1S/C16H21N5O2/c1-16(2,3)13(9-11-7-5-4-6-8-11)19-15-18-10-12(21(22)23)14(17)20-15/h4-8,10,13H,9H2,1-3H3,(H3,17,18,19,20)/t13-/m0/s1. The molecule has 1 aromatic heterocycles. The Hall–Kier alpha value is -2.70. The molecular formula is C16H21N5O2. The summed E-state index contributed by atoms with van der Waals surface area (Å²) in [5.74, 6) is 0.156. The molecule has 0 aliphatic carbocycles. The molecule has 7 nitrogen and oxygen atoms in total. The van der Waals surface area contributed by atoms with E-state index in [4.69, 9.17) is 5.73 Å². The fourth-order valence-electron chi connectivity index (χ4n) is 2.18. The molecule has 1 aromatic carbocycles. The molecule has 0 bridgehead atoms. The molecule has 3 N–H and O–H groups in total. The minimum atomic E-state index is -0.593. The second kappa shape index (κ2) is 6.60. The smallest absolute Gasteiger partial charge is 0.329 e. The Balaban J connectivity index is 2.21. The predicted molar refractivity (Wildman–Crippen MR) is 90.1 cm³/mol. The van der Waals surface area contributed by atoms with Gasteiger partial charge in [0, 0.05) is 6.04 Å². The van der Waals surface area contributed by atoms with Gasteiger partial charge in [-0.05, 0) is 17.4 Å². The van der Waals surface area contributed by atoms with E-state index in [1.165, 1.54) is 5.56 Å². The van der Waals surface area contributed by atoms with Crippen LogP contribution >= 0.6 is 0 Å². The molecule has 0 amide bonds. The number of anilines is 2. The van der Waals surface area contributed by atoms with Gasteiger partial charge in [-0.2, -0.15) is 4.98 Å². The third kappa shape index (κ3) is 4.38. The Labute approximate surface area is 135 Å². The Morgan fingerprint density at radius 1 is 1.30 bits per heavy atom. The number of benzene rings is 1. The van der Waals surface area contributed by atoms with Crippen LogP contribution in [0.2, 0.25) is 0 Å². The lowest BCUT2D eigenvalue weighted by Gasteiger charge is -2.31. The molecule has 1 atom stereocenters. The number of nitro groups is 1. The maximum absolute atomic E-state index is 10.8. The highest BCUT2D eigenvalue weighted by Crippen LogP contribution is 2.26. The van der Waals surface area contributed by atoms with E-state index in [2.05, 4.69) is 48.2 Å². The Morgan fingerprint density at radius 2 is 1.96 bits per heavy atom. The fourth-order valence-corrected chi connectivity index (χ4v) is 2.18. The minimum Gasteiger partial charge on any atom is -0.378 e. The SMILES string of the molecule is CC(C)(C)[C@H](Cc1ccccc1)Nc1ncc([N+](=O)[O-])c(N)n1. The van der Waals surface area contributed by atoms with Gasteiger partial charge in [0.1, 0.15) is 6.20 Å². The zero-order valence-corrected chi connectivity index (χ0v) is 13.5. The lowest BCUT2D eigenvalue weighted by atomic mass is 9.83. The first kappa shape index (κ1) is 16.7. The van der Waals surface area contributed by atoms with Crippen LogP contribution in [-0.2, 0) is 6.42 Å². The summed E-state index contributed by atoms with van der Waals surface area (Å²) in [5, 5.41) is 14.0. The van der Waals surface area contributed by atoms with Crippen LogP contribution in [0.15, 0.2) is 36.5 Å². The number of rotatable bonds is 5. The first-order chi connectivity index (χ1) is 10.8. The van der Waals surface area contributed by atoms with Crippen molar-refractivity contribution in [3.63, 3.8) is 0 Å². The minimum absolute atomic E-state index is 0.0470. The molecule has 0 aliphatic rings. The predicted octanol–water partition coefficient (Wildman–Crippen LogP) is 3.04. The zero-order valence-electron chi connectivity index (χ0n) is 13.5. The van der Waals surface area contributed by atoms with E-state index in [1.807, 2.05) is 18.2 Å². The number of hydrogen-bond acceptors (Lipinski definition) is 6. The average molecular weight is 315 g/mol. The number of hydrogen-bond donors (Lipinski definition) is 2. The van der Waals surface area contributed by atoms with Crippen molar-refractivity contribution < 1.29 is 4.92 Å². The summed E-state index contributed by atoms with van der Waals surface area (Å²) in [6, 6.07) is 10.1. The third-order valence-corrected chi connectivity index (χ3v) is 3.63. The summed E-state index contributed by atoms with van der Waals surface area (Å²) < 4.78 is 0. The van der Waals surface area contributed by atoms with Gasteiger partial charge in [0.15, 0.2) is 0 Å². The number of nitrogens with two attached hydrogens (primary N) is 1. The van der Waals surface area contributed by atoms with E-state index in [9.17, 15) is 10.1 Å². The first-order valence-electron chi connectivity index (χ1n) is 7.34. The van der Waals surface area contributed by atoms with E-state index in [0.29, 0.717) is 5.95 Å². The highest BCUT2D eigenvalue weighted by molar-refractivity contribution is 5.53. The van der Waals surface area contributed by atoms with Crippen molar-refractivity contribution in [1.82, 2.24) is 9.97 Å². The molecule has 0 radical (unpaired) electrons. The molecule has 0 unspecified atom stereocenters. The van der Waals surface area contributed by atoms with Crippen molar-refractivity contribution >= 4 is 17.5 Å². The summed E-state index contributed by atoms with van der Waals surface area (Å²) in [7, 11) is 0. The highest BCUT2D eigenvalue weighted by atomic mass is 16.6. The molecule has 1 heterocycles. The molecule has 23 heavy (non-hydrogen) atoms. The number of nitrogens with zero attached hydrogens (tertiary/aromatic N) is 3. The quantitative estimate of drug-likeness (QED) is 0.648. The van der Waals surface area contributed by atoms with Gasteiger partial charge in [0.2, 0.25) is 11.8 Å². The summed E-state index contributed by atoms with van der Waals surface area (Å²) in [6.07, 6.45) is 1.91. The van der Waals surface area contributed by atoms with Gasteiger partial charge in [0.25, 0.3) is 0 Å². The average Bonchev–Trinajstić information content (AvgIpc) is 2.46. The van der Waals surface area contributed by atoms with E-state index >= 15 is 0 Å². The van der Waals surface area contributed by atoms with Crippen LogP contribution in [0.1, 0.15) is 26.3 Å². The van der Waals surface area contributed by atoms with Crippen molar-refractivity contribution in [1.29, 1.82) is 0 Å². The van der Waals surface area contributed by atoms with Crippen molar-refractivity contribution in [2.75, 3.05) is 11.1 Å². The zero-order chi connectivity index (χ0) is 17.0. The summed E-state index contributed by atoms with van der Waals surface area (Å²) >= 11 is 0. The molecule has 2 rings (SSSR count). The normalized spacial score (nSPS) is 12.7. The van der Waals surface area contributed by atoms with Crippen LogP contribution in [0.5, 0.6) is 0 Å². The molecule has 0 fully saturated rings. The van der Waals surface area contributed by atoms with Crippen LogP contribution in [0, 0.1) is 15.5 Å². The third-order valence-electron chi connectivity index (χ3n) is 3.63. The van der Waals surface area contributed by atoms with Crippen LogP contribution < -0.4 is 11.1 Å². The molecule has 0 saturated heterocycles. The number of aromatic nitrogens is 2. The summed E-state index contributed by atoms with van der Waals surface area (Å²) in [4.78, 5) is 18.2. The number of nitrogens with one attached hydrogen (secondary N) is 1. The van der Waals surface area contributed by atoms with Gasteiger partial charge in [-0.1, -0.05) is 51.1 Å². The molecular weight excluding hydrogens is 294 g/mol. The Morgan fingerprint density at radius 3 is 2.48 bits per heavy atom. The van der Waals surface area contributed by atoms with Gasteiger partial charge in [0.05, 0.1) is 4.92 Å².